The van der Waals surface area contributed by atoms with Gasteiger partial charge in [-0.3, -0.25) is 4.79 Å². The van der Waals surface area contributed by atoms with E-state index in [1.165, 1.54) is 6.08 Å². The first kappa shape index (κ1) is 16.7. The lowest BCUT2D eigenvalue weighted by Gasteiger charge is -2.01. The molecule has 0 saturated heterocycles. The topological polar surface area (TPSA) is 67.2 Å². The molecule has 0 aliphatic heterocycles. The van der Waals surface area contributed by atoms with Crippen LogP contribution in [-0.4, -0.2) is 18.4 Å². The Hall–Kier alpha value is -2.71. The van der Waals surface area contributed by atoms with Crippen LogP contribution in [0.15, 0.2) is 36.4 Å². The van der Waals surface area contributed by atoms with Gasteiger partial charge in [0.25, 0.3) is 0 Å². The van der Waals surface area contributed by atoms with Crippen molar-refractivity contribution >= 4 is 29.2 Å². The SMILES string of the molecule is Cc1cc(C(=O)COC(=O)/C=C/c2ccc(C#N)cc2)c(C)s1. The summed E-state index contributed by atoms with van der Waals surface area (Å²) in [4.78, 5) is 25.6. The highest BCUT2D eigenvalue weighted by molar-refractivity contribution is 7.12. The molecule has 0 N–H and O–H groups in total. The number of benzene rings is 1. The van der Waals surface area contributed by atoms with Gasteiger partial charge in [-0.25, -0.2) is 4.79 Å². The number of hydrogen-bond donors (Lipinski definition) is 0. The summed E-state index contributed by atoms with van der Waals surface area (Å²) in [6, 6.07) is 10.6. The number of hydrogen-bond acceptors (Lipinski definition) is 5. The van der Waals surface area contributed by atoms with Crippen molar-refractivity contribution < 1.29 is 14.3 Å². The molecule has 2 rings (SSSR count). The second kappa shape index (κ2) is 7.52. The quantitative estimate of drug-likeness (QED) is 0.478. The van der Waals surface area contributed by atoms with Crippen LogP contribution in [-0.2, 0) is 9.53 Å². The van der Waals surface area contributed by atoms with Gasteiger partial charge >= 0.3 is 5.97 Å². The van der Waals surface area contributed by atoms with Crippen molar-refractivity contribution in [3.05, 3.63) is 62.9 Å². The van der Waals surface area contributed by atoms with E-state index in [2.05, 4.69) is 0 Å². The van der Waals surface area contributed by atoms with Crippen LogP contribution in [0.3, 0.4) is 0 Å². The van der Waals surface area contributed by atoms with E-state index >= 15 is 0 Å². The normalized spacial score (nSPS) is 10.5. The van der Waals surface area contributed by atoms with Gasteiger partial charge < -0.3 is 4.74 Å². The van der Waals surface area contributed by atoms with E-state index in [0.29, 0.717) is 11.1 Å². The summed E-state index contributed by atoms with van der Waals surface area (Å²) in [7, 11) is 0. The predicted octanol–water partition coefficient (Wildman–Crippen LogP) is 3.68. The van der Waals surface area contributed by atoms with Gasteiger partial charge in [0, 0.05) is 21.4 Å². The van der Waals surface area contributed by atoms with Crippen LogP contribution in [0.2, 0.25) is 0 Å². The Morgan fingerprint density at radius 2 is 1.96 bits per heavy atom. The number of ketones is 1. The fraction of sp³-hybridized carbons (Fsp3) is 0.167. The van der Waals surface area contributed by atoms with Crippen molar-refractivity contribution in [1.82, 2.24) is 0 Å². The highest BCUT2D eigenvalue weighted by Crippen LogP contribution is 2.21. The second-order valence-corrected chi connectivity index (χ2v) is 6.39. The highest BCUT2D eigenvalue weighted by Gasteiger charge is 2.13. The molecule has 0 bridgehead atoms. The van der Waals surface area contributed by atoms with Crippen LogP contribution in [0.5, 0.6) is 0 Å². The summed E-state index contributed by atoms with van der Waals surface area (Å²) in [5.41, 5.74) is 1.93. The molecule has 0 fully saturated rings. The largest absolute Gasteiger partial charge is 0.454 e. The minimum absolute atomic E-state index is 0.202. The van der Waals surface area contributed by atoms with Crippen molar-refractivity contribution in [2.75, 3.05) is 6.61 Å². The molecule has 0 unspecified atom stereocenters. The van der Waals surface area contributed by atoms with Crippen LogP contribution >= 0.6 is 11.3 Å². The van der Waals surface area contributed by atoms with Crippen LogP contribution in [0.25, 0.3) is 6.08 Å². The maximum atomic E-state index is 12.0. The average molecular weight is 325 g/mol. The molecule has 4 nitrogen and oxygen atoms in total. The Labute approximate surface area is 138 Å². The molecular weight excluding hydrogens is 310 g/mol. The molecule has 0 saturated carbocycles. The number of thiophene rings is 1. The van der Waals surface area contributed by atoms with Gasteiger partial charge in [0.15, 0.2) is 6.61 Å². The summed E-state index contributed by atoms with van der Waals surface area (Å²) >= 11 is 1.54. The Morgan fingerprint density at radius 3 is 2.52 bits per heavy atom. The molecule has 23 heavy (non-hydrogen) atoms. The smallest absolute Gasteiger partial charge is 0.331 e. The number of esters is 1. The third-order valence-electron chi connectivity index (χ3n) is 3.14. The van der Waals surface area contributed by atoms with Crippen molar-refractivity contribution in [3.63, 3.8) is 0 Å². The lowest BCUT2D eigenvalue weighted by molar-refractivity contribution is -0.136. The van der Waals surface area contributed by atoms with Crippen molar-refractivity contribution in [1.29, 1.82) is 5.26 Å². The molecule has 116 valence electrons. The van der Waals surface area contributed by atoms with Crippen LogP contribution in [0.1, 0.15) is 31.2 Å². The van der Waals surface area contributed by atoms with Crippen LogP contribution < -0.4 is 0 Å². The van der Waals surface area contributed by atoms with Crippen molar-refractivity contribution in [2.24, 2.45) is 0 Å². The maximum absolute atomic E-state index is 12.0. The zero-order chi connectivity index (χ0) is 16.8. The van der Waals surface area contributed by atoms with E-state index in [9.17, 15) is 9.59 Å². The van der Waals surface area contributed by atoms with Crippen LogP contribution in [0, 0.1) is 25.2 Å². The third-order valence-corrected chi connectivity index (χ3v) is 4.10. The molecule has 0 aliphatic rings. The first-order valence-corrected chi connectivity index (χ1v) is 7.76. The van der Waals surface area contributed by atoms with E-state index in [1.807, 2.05) is 26.0 Å². The van der Waals surface area contributed by atoms with Gasteiger partial charge in [-0.15, -0.1) is 11.3 Å². The summed E-state index contributed by atoms with van der Waals surface area (Å²) in [6.07, 6.45) is 2.84. The third kappa shape index (κ3) is 4.63. The summed E-state index contributed by atoms with van der Waals surface area (Å²) in [6.45, 7) is 3.53. The predicted molar refractivity (Wildman–Crippen MR) is 89.3 cm³/mol. The summed E-state index contributed by atoms with van der Waals surface area (Å²) < 4.78 is 4.97. The molecule has 5 heteroatoms. The molecule has 0 radical (unpaired) electrons. The first-order chi connectivity index (χ1) is 11.0. The monoisotopic (exact) mass is 325 g/mol. The summed E-state index contributed by atoms with van der Waals surface area (Å²) in [5, 5.41) is 8.71. The molecule has 0 amide bonds. The van der Waals surface area contributed by atoms with E-state index < -0.39 is 5.97 Å². The number of rotatable bonds is 5. The van der Waals surface area contributed by atoms with Crippen LogP contribution in [0.4, 0.5) is 0 Å². The van der Waals surface area contributed by atoms with Gasteiger partial charge in [0.05, 0.1) is 11.6 Å². The second-order valence-electron chi connectivity index (χ2n) is 4.92. The van der Waals surface area contributed by atoms with E-state index in [0.717, 1.165) is 15.3 Å². The number of aryl methyl sites for hydroxylation is 2. The van der Waals surface area contributed by atoms with E-state index in [1.54, 1.807) is 41.7 Å². The van der Waals surface area contributed by atoms with Gasteiger partial charge in [-0.05, 0) is 43.7 Å². The lowest BCUT2D eigenvalue weighted by atomic mass is 10.1. The highest BCUT2D eigenvalue weighted by atomic mass is 32.1. The fourth-order valence-corrected chi connectivity index (χ4v) is 2.95. The Balaban J connectivity index is 1.89. The molecule has 0 aliphatic carbocycles. The zero-order valence-corrected chi connectivity index (χ0v) is 13.6. The maximum Gasteiger partial charge on any atom is 0.331 e. The van der Waals surface area contributed by atoms with E-state index in [-0.39, 0.29) is 12.4 Å². The Kier molecular flexibility index (Phi) is 5.45. The fourth-order valence-electron chi connectivity index (χ4n) is 2.00. The van der Waals surface area contributed by atoms with Gasteiger partial charge in [-0.1, -0.05) is 12.1 Å². The molecule has 0 spiro atoms. The number of carbonyl (C=O) groups excluding carboxylic acids is 2. The number of nitrogens with zero attached hydrogens (tertiary/aromatic N) is 1. The number of ether oxygens (including phenoxy) is 1. The van der Waals surface area contributed by atoms with Gasteiger partial charge in [0.2, 0.25) is 5.78 Å². The van der Waals surface area contributed by atoms with Crippen molar-refractivity contribution in [2.45, 2.75) is 13.8 Å². The molecule has 0 atom stereocenters. The van der Waals surface area contributed by atoms with Gasteiger partial charge in [-0.2, -0.15) is 5.26 Å². The molecule has 1 heterocycles. The zero-order valence-electron chi connectivity index (χ0n) is 12.8. The Morgan fingerprint density at radius 1 is 1.26 bits per heavy atom. The van der Waals surface area contributed by atoms with Gasteiger partial charge in [0.1, 0.15) is 0 Å². The summed E-state index contributed by atoms with van der Waals surface area (Å²) in [5.74, 6) is -0.778. The van der Waals surface area contributed by atoms with E-state index in [4.69, 9.17) is 10.00 Å². The number of carbonyl (C=O) groups is 2. The Bertz CT molecular complexity index is 795. The molecule has 1 aromatic carbocycles. The number of Topliss-reactive ketones (excluding diaryl/α,β-unsaturated/α-hetero) is 1. The average Bonchev–Trinajstić information content (AvgIpc) is 2.89. The number of nitriles is 1. The molecular formula is C18H15NO3S. The standard InChI is InChI=1S/C18H15NO3S/c1-12-9-16(13(2)23-12)17(20)11-22-18(21)8-7-14-3-5-15(10-19)6-4-14/h3-9H,11H2,1-2H3/b8-7+. The minimum atomic E-state index is -0.577. The first-order valence-electron chi connectivity index (χ1n) is 6.95. The van der Waals surface area contributed by atoms with Crippen molar-refractivity contribution in [3.8, 4) is 6.07 Å². The lowest BCUT2D eigenvalue weighted by Crippen LogP contribution is -2.12. The minimum Gasteiger partial charge on any atom is -0.454 e. The molecule has 1 aromatic heterocycles. The molecule has 2 aromatic rings.